The Morgan fingerprint density at radius 3 is 1.43 bits per heavy atom. The van der Waals surface area contributed by atoms with E-state index < -0.39 is 0 Å². The highest BCUT2D eigenvalue weighted by Gasteiger charge is 2.13. The van der Waals surface area contributed by atoms with Gasteiger partial charge in [-0.2, -0.15) is 0 Å². The molecule has 0 atom stereocenters. The molecule has 15 nitrogen and oxygen atoms in total. The van der Waals surface area contributed by atoms with Crippen molar-refractivity contribution < 1.29 is 23.9 Å². The van der Waals surface area contributed by atoms with Crippen molar-refractivity contribution in [3.05, 3.63) is 252 Å². The topological polar surface area (TPSA) is 196 Å². The summed E-state index contributed by atoms with van der Waals surface area (Å²) in [5, 5.41) is 13.0. The highest BCUT2D eigenvalue weighted by atomic mass is 35.5. The van der Waals surface area contributed by atoms with Crippen LogP contribution in [-0.4, -0.2) is 65.8 Å². The van der Waals surface area contributed by atoms with Gasteiger partial charge in [-0.1, -0.05) is 66.2 Å². The highest BCUT2D eigenvalue weighted by Crippen LogP contribution is 2.31. The zero-order valence-corrected chi connectivity index (χ0v) is 47.4. The summed E-state index contributed by atoms with van der Waals surface area (Å²) in [7, 11) is 0. The first-order valence-corrected chi connectivity index (χ1v) is 28.8. The van der Waals surface area contributed by atoms with Crippen molar-refractivity contribution in [2.45, 2.75) is 52.7 Å². The highest BCUT2D eigenvalue weighted by molar-refractivity contribution is 7.98. The predicted octanol–water partition coefficient (Wildman–Crippen LogP) is 13.7. The smallest absolute Gasteiger partial charge is 0.255 e. The first-order chi connectivity index (χ1) is 39.7. The van der Waals surface area contributed by atoms with Gasteiger partial charge in [0.2, 0.25) is 0 Å². The molecule has 19 heteroatoms. The number of pyridine rings is 1. The fourth-order valence-electron chi connectivity index (χ4n) is 7.53. The zero-order chi connectivity index (χ0) is 56.4. The molecule has 3 amide bonds. The van der Waals surface area contributed by atoms with E-state index >= 15 is 0 Å². The number of benzene rings is 6. The molecule has 0 spiro atoms. The van der Waals surface area contributed by atoms with Crippen LogP contribution in [0.5, 0.6) is 11.5 Å². The minimum atomic E-state index is -0.178. The number of ether oxygens (including phenoxy) is 2. The number of nitrogens with one attached hydrogen (secondary N) is 3. The second-order valence-electron chi connectivity index (χ2n) is 17.3. The Kier molecular flexibility index (Phi) is 22.5. The zero-order valence-electron chi connectivity index (χ0n) is 44.1. The van der Waals surface area contributed by atoms with Crippen molar-refractivity contribution >= 4 is 86.9 Å². The lowest BCUT2D eigenvalue weighted by molar-refractivity contribution is 0.0949. The molecule has 4 aromatic heterocycles. The van der Waals surface area contributed by atoms with Gasteiger partial charge in [0.05, 0.1) is 37.3 Å². The molecule has 408 valence electrons. The molecule has 0 fully saturated rings. The molecule has 0 aliphatic heterocycles. The Balaban J connectivity index is 0.000000160. The third-order valence-corrected chi connectivity index (χ3v) is 14.6. The van der Waals surface area contributed by atoms with Gasteiger partial charge in [0.15, 0.2) is 11.5 Å². The van der Waals surface area contributed by atoms with E-state index in [1.54, 1.807) is 122 Å². The lowest BCUT2D eigenvalue weighted by Gasteiger charge is -2.13. The van der Waals surface area contributed by atoms with E-state index in [0.717, 1.165) is 65.4 Å². The lowest BCUT2D eigenvalue weighted by atomic mass is 10.1. The van der Waals surface area contributed by atoms with E-state index in [1.807, 2.05) is 135 Å². The van der Waals surface area contributed by atoms with Gasteiger partial charge in [-0.3, -0.25) is 34.3 Å². The van der Waals surface area contributed by atoms with Gasteiger partial charge in [0.1, 0.15) is 15.1 Å². The van der Waals surface area contributed by atoms with E-state index in [1.165, 1.54) is 0 Å². The fourth-order valence-corrected chi connectivity index (χ4v) is 9.95. The standard InChI is InChI=1S/C22H23N3O3S.C21H16N4OS.C19H16ClN3OS/c1-3-27-19-9-8-18(13-20(19)28-4-2)25-22(26)17-7-5-6-16(12-17)15-29-21-14-23-10-11-24-21;26-21(25-18-6-7-19-16(12-18)5-2-8-23-19)17-4-1-3-15(11-17)14-27-20-13-22-9-10-24-20;20-17-6-4-14(5-7-17)11-23-19(24)16-3-1-2-15(10-16)13-25-18-12-21-8-9-22-18/h5-14H,3-4,15H2,1-2H3,(H,25,26);1-13H,14H2,(H,25,26);1-10,12H,11,13H2,(H,23,24). The maximum Gasteiger partial charge on any atom is 0.255 e. The SMILES string of the molecule is CCOc1ccc(NC(=O)c2cccc(CSc3cnccn3)c2)cc1OCC.O=C(NCc1ccc(Cl)cc1)c1cccc(CSc2cnccn2)c1.O=C(Nc1ccc2ncccc2c1)c1cccc(CSc2cnccn2)c1. The van der Waals surface area contributed by atoms with Crippen molar-refractivity contribution in [1.82, 2.24) is 40.2 Å². The maximum absolute atomic E-state index is 12.7. The van der Waals surface area contributed by atoms with Gasteiger partial charge in [-0.15, -0.1) is 35.3 Å². The number of hydrogen-bond acceptors (Lipinski definition) is 15. The quantitative estimate of drug-likeness (QED) is 0.0609. The van der Waals surface area contributed by atoms with Crippen LogP contribution in [0.1, 0.15) is 67.2 Å². The van der Waals surface area contributed by atoms with Crippen LogP contribution < -0.4 is 25.4 Å². The molecule has 0 bridgehead atoms. The Labute approximate surface area is 487 Å². The number of anilines is 2. The van der Waals surface area contributed by atoms with Crippen LogP contribution in [-0.2, 0) is 23.8 Å². The Morgan fingerprint density at radius 2 is 0.938 bits per heavy atom. The summed E-state index contributed by atoms with van der Waals surface area (Å²) in [5.41, 5.74) is 8.33. The van der Waals surface area contributed by atoms with Crippen LogP contribution in [0.25, 0.3) is 10.9 Å². The monoisotopic (exact) mass is 1150 g/mol. The molecular formula is C62H55ClN10O5S3. The van der Waals surface area contributed by atoms with Gasteiger partial charge >= 0.3 is 0 Å². The third-order valence-electron chi connectivity index (χ3n) is 11.4. The maximum atomic E-state index is 12.7. The summed E-state index contributed by atoms with van der Waals surface area (Å²) in [4.78, 5) is 66.9. The Morgan fingerprint density at radius 1 is 0.457 bits per heavy atom. The summed E-state index contributed by atoms with van der Waals surface area (Å²) < 4.78 is 11.2. The molecule has 0 aliphatic rings. The van der Waals surface area contributed by atoms with Crippen molar-refractivity contribution in [2.24, 2.45) is 0 Å². The number of nitrogens with zero attached hydrogens (tertiary/aromatic N) is 7. The minimum absolute atomic E-state index is 0.0960. The molecular weight excluding hydrogens is 1100 g/mol. The number of rotatable bonds is 20. The third kappa shape index (κ3) is 19.0. The number of halogens is 1. The van der Waals surface area contributed by atoms with Gasteiger partial charge in [-0.05, 0) is 121 Å². The molecule has 81 heavy (non-hydrogen) atoms. The van der Waals surface area contributed by atoms with Crippen molar-refractivity contribution in [3.8, 4) is 11.5 Å². The van der Waals surface area contributed by atoms with Crippen LogP contribution in [0, 0.1) is 0 Å². The molecule has 6 aromatic carbocycles. The number of hydrogen-bond donors (Lipinski definition) is 3. The van der Waals surface area contributed by atoms with Gasteiger partial charge in [0, 0.05) is 112 Å². The molecule has 0 radical (unpaired) electrons. The largest absolute Gasteiger partial charge is 0.490 e. The second-order valence-corrected chi connectivity index (χ2v) is 20.7. The second kappa shape index (κ2) is 31.2. The van der Waals surface area contributed by atoms with Crippen LogP contribution in [0.4, 0.5) is 11.4 Å². The minimum Gasteiger partial charge on any atom is -0.490 e. The van der Waals surface area contributed by atoms with Gasteiger partial charge < -0.3 is 25.4 Å². The Bertz CT molecular complexity index is 3630. The van der Waals surface area contributed by atoms with Gasteiger partial charge in [0.25, 0.3) is 17.7 Å². The molecule has 0 saturated carbocycles. The number of fused-ring (bicyclic) bond motifs is 1. The first-order valence-electron chi connectivity index (χ1n) is 25.5. The molecule has 0 aliphatic carbocycles. The number of carbonyl (C=O) groups excluding carboxylic acids is 3. The number of carbonyl (C=O) groups is 3. The summed E-state index contributed by atoms with van der Waals surface area (Å²) in [5.74, 6) is 3.03. The number of amides is 3. The van der Waals surface area contributed by atoms with Crippen molar-refractivity contribution in [3.63, 3.8) is 0 Å². The number of thioether (sulfide) groups is 3. The first kappa shape index (κ1) is 58.5. The lowest BCUT2D eigenvalue weighted by Crippen LogP contribution is -2.22. The van der Waals surface area contributed by atoms with Crippen LogP contribution >= 0.6 is 46.9 Å². The summed E-state index contributed by atoms with van der Waals surface area (Å²) in [6.07, 6.45) is 16.9. The van der Waals surface area contributed by atoms with E-state index in [2.05, 4.69) is 50.8 Å². The van der Waals surface area contributed by atoms with E-state index in [9.17, 15) is 14.4 Å². The molecule has 0 saturated heterocycles. The van der Waals surface area contributed by atoms with E-state index in [-0.39, 0.29) is 17.7 Å². The van der Waals surface area contributed by atoms with Crippen LogP contribution in [0.3, 0.4) is 0 Å². The molecule has 10 aromatic rings. The number of aromatic nitrogens is 7. The van der Waals surface area contributed by atoms with Crippen LogP contribution in [0.2, 0.25) is 5.02 Å². The molecule has 3 N–H and O–H groups in total. The average molecular weight is 1150 g/mol. The molecule has 10 rings (SSSR count). The van der Waals surface area contributed by atoms with Crippen molar-refractivity contribution in [1.29, 1.82) is 0 Å². The van der Waals surface area contributed by atoms with Crippen molar-refractivity contribution in [2.75, 3.05) is 23.8 Å². The van der Waals surface area contributed by atoms with E-state index in [0.29, 0.717) is 64.4 Å². The van der Waals surface area contributed by atoms with E-state index in [4.69, 9.17) is 21.1 Å². The van der Waals surface area contributed by atoms with Crippen LogP contribution in [0.15, 0.2) is 223 Å². The normalized spacial score (nSPS) is 10.5. The fraction of sp³-hybridized carbons (Fsp3) is 0.129. The summed E-state index contributed by atoms with van der Waals surface area (Å²) >= 11 is 10.6. The predicted molar refractivity (Wildman–Crippen MR) is 323 cm³/mol. The summed E-state index contributed by atoms with van der Waals surface area (Å²) in [6.45, 7) is 5.36. The Hall–Kier alpha value is -8.68. The summed E-state index contributed by atoms with van der Waals surface area (Å²) in [6, 6.07) is 45.1. The average Bonchev–Trinajstić information content (AvgIpc) is 3.55. The molecule has 4 heterocycles. The molecule has 0 unspecified atom stereocenters. The van der Waals surface area contributed by atoms with Gasteiger partial charge in [-0.25, -0.2) is 15.0 Å².